The molecular weight excluding hydrogens is 218 g/mol. The number of ether oxygens (including phenoxy) is 2. The van der Waals surface area contributed by atoms with Gasteiger partial charge < -0.3 is 14.8 Å². The van der Waals surface area contributed by atoms with Gasteiger partial charge in [0.2, 0.25) is 0 Å². The molecule has 0 aromatic carbocycles. The predicted octanol–water partition coefficient (Wildman–Crippen LogP) is 0.925. The average molecular weight is 236 g/mol. The molecule has 4 nitrogen and oxygen atoms in total. The van der Waals surface area contributed by atoms with Crippen molar-refractivity contribution in [3.8, 4) is 0 Å². The Bertz CT molecular complexity index is 195. The van der Waals surface area contributed by atoms with Crippen LogP contribution >= 0.6 is 11.6 Å². The van der Waals surface area contributed by atoms with Crippen LogP contribution in [-0.2, 0) is 14.3 Å². The Morgan fingerprint density at radius 3 is 3.13 bits per heavy atom. The summed E-state index contributed by atoms with van der Waals surface area (Å²) in [6.07, 6.45) is 3.66. The molecule has 0 aliphatic carbocycles. The first-order chi connectivity index (χ1) is 7.24. The van der Waals surface area contributed by atoms with Crippen molar-refractivity contribution >= 4 is 17.6 Å². The van der Waals surface area contributed by atoms with Crippen LogP contribution in [0.3, 0.4) is 0 Å². The first-order valence-corrected chi connectivity index (χ1v) is 5.72. The number of hydrogen-bond acceptors (Lipinski definition) is 4. The van der Waals surface area contributed by atoms with Crippen molar-refractivity contribution in [3.63, 3.8) is 0 Å². The summed E-state index contributed by atoms with van der Waals surface area (Å²) >= 11 is 5.76. The predicted molar refractivity (Wildman–Crippen MR) is 58.1 cm³/mol. The summed E-state index contributed by atoms with van der Waals surface area (Å²) in [4.78, 5) is 10.9. The van der Waals surface area contributed by atoms with Crippen molar-refractivity contribution in [1.82, 2.24) is 5.32 Å². The van der Waals surface area contributed by atoms with Crippen LogP contribution in [0.2, 0.25) is 0 Å². The molecule has 0 aromatic heterocycles. The molecule has 0 spiro atoms. The zero-order chi connectivity index (χ0) is 11.1. The molecule has 0 amide bonds. The number of rotatable bonds is 6. The minimum Gasteiger partial charge on any atom is -0.468 e. The second-order valence-corrected chi connectivity index (χ2v) is 4.15. The number of carbonyl (C=O) groups excluding carboxylic acids is 1. The number of esters is 1. The topological polar surface area (TPSA) is 47.6 Å². The fraction of sp³-hybridized carbons (Fsp3) is 0.900. The summed E-state index contributed by atoms with van der Waals surface area (Å²) in [5.41, 5.74) is 0. The van der Waals surface area contributed by atoms with Gasteiger partial charge in [0.05, 0.1) is 13.2 Å². The van der Waals surface area contributed by atoms with E-state index in [1.54, 1.807) is 0 Å². The molecule has 1 saturated heterocycles. The molecule has 0 saturated carbocycles. The van der Waals surface area contributed by atoms with E-state index in [-0.39, 0.29) is 5.97 Å². The van der Waals surface area contributed by atoms with Gasteiger partial charge in [-0.25, -0.2) is 0 Å². The average Bonchev–Trinajstić information content (AvgIpc) is 2.75. The van der Waals surface area contributed by atoms with Gasteiger partial charge in [-0.15, -0.1) is 11.6 Å². The van der Waals surface area contributed by atoms with Crippen molar-refractivity contribution in [1.29, 1.82) is 0 Å². The maximum atomic E-state index is 10.9. The Labute approximate surface area is 95.3 Å². The number of halogens is 1. The van der Waals surface area contributed by atoms with Crippen LogP contribution in [0.5, 0.6) is 0 Å². The number of alkyl halides is 1. The van der Waals surface area contributed by atoms with E-state index in [1.165, 1.54) is 7.11 Å². The van der Waals surface area contributed by atoms with E-state index in [0.717, 1.165) is 32.4 Å². The van der Waals surface area contributed by atoms with Crippen molar-refractivity contribution in [2.75, 3.05) is 26.8 Å². The van der Waals surface area contributed by atoms with Gasteiger partial charge in [-0.1, -0.05) is 0 Å². The SMILES string of the molecule is COC(=O)C(Cl)CNCCC1CCCO1. The number of nitrogens with one attached hydrogen (secondary N) is 1. The summed E-state index contributed by atoms with van der Waals surface area (Å²) in [6.45, 7) is 2.15. The second-order valence-electron chi connectivity index (χ2n) is 3.62. The molecule has 1 heterocycles. The first kappa shape index (κ1) is 12.7. The molecule has 2 atom stereocenters. The van der Waals surface area contributed by atoms with Gasteiger partial charge >= 0.3 is 5.97 Å². The Kier molecular flexibility index (Phi) is 5.98. The minimum atomic E-state index is -0.598. The van der Waals surface area contributed by atoms with Gasteiger partial charge in [-0.05, 0) is 25.8 Å². The molecule has 5 heteroatoms. The smallest absolute Gasteiger partial charge is 0.325 e. The van der Waals surface area contributed by atoms with Gasteiger partial charge in [0.25, 0.3) is 0 Å². The molecule has 0 radical (unpaired) electrons. The van der Waals surface area contributed by atoms with Gasteiger partial charge in [0.15, 0.2) is 0 Å². The molecule has 1 aliphatic heterocycles. The van der Waals surface area contributed by atoms with Crippen molar-refractivity contribution in [2.45, 2.75) is 30.7 Å². The number of methoxy groups -OCH3 is 1. The fourth-order valence-corrected chi connectivity index (χ4v) is 1.77. The zero-order valence-corrected chi connectivity index (χ0v) is 9.76. The molecule has 1 aliphatic rings. The zero-order valence-electron chi connectivity index (χ0n) is 9.00. The van der Waals surface area contributed by atoms with Gasteiger partial charge in [0.1, 0.15) is 5.38 Å². The van der Waals surface area contributed by atoms with Crippen LogP contribution < -0.4 is 5.32 Å². The molecule has 1 N–H and O–H groups in total. The lowest BCUT2D eigenvalue weighted by molar-refractivity contribution is -0.140. The summed E-state index contributed by atoms with van der Waals surface area (Å²) in [6, 6.07) is 0. The first-order valence-electron chi connectivity index (χ1n) is 5.28. The van der Waals surface area contributed by atoms with E-state index in [2.05, 4.69) is 10.1 Å². The van der Waals surface area contributed by atoms with Crippen LogP contribution in [0.25, 0.3) is 0 Å². The number of hydrogen-bond donors (Lipinski definition) is 1. The molecule has 15 heavy (non-hydrogen) atoms. The Balaban J connectivity index is 1.98. The second kappa shape index (κ2) is 7.04. The van der Waals surface area contributed by atoms with Crippen LogP contribution in [0, 0.1) is 0 Å². The maximum Gasteiger partial charge on any atom is 0.325 e. The highest BCUT2D eigenvalue weighted by Crippen LogP contribution is 2.14. The van der Waals surface area contributed by atoms with Crippen molar-refractivity contribution in [3.05, 3.63) is 0 Å². The summed E-state index contributed by atoms with van der Waals surface area (Å²) in [7, 11) is 1.34. The molecule has 1 fully saturated rings. The molecule has 0 bridgehead atoms. The van der Waals surface area contributed by atoms with E-state index >= 15 is 0 Å². The third-order valence-corrected chi connectivity index (χ3v) is 2.78. The van der Waals surface area contributed by atoms with Crippen LogP contribution in [-0.4, -0.2) is 44.3 Å². The van der Waals surface area contributed by atoms with Crippen LogP contribution in [0.15, 0.2) is 0 Å². The minimum absolute atomic E-state index is 0.379. The van der Waals surface area contributed by atoms with E-state index < -0.39 is 5.38 Å². The Hall–Kier alpha value is -0.320. The highest BCUT2D eigenvalue weighted by Gasteiger charge is 2.17. The summed E-state index contributed by atoms with van der Waals surface area (Å²) in [5, 5.41) is 2.52. The van der Waals surface area contributed by atoms with Crippen molar-refractivity contribution in [2.24, 2.45) is 0 Å². The molecule has 1 rings (SSSR count). The lowest BCUT2D eigenvalue weighted by atomic mass is 10.2. The third-order valence-electron chi connectivity index (χ3n) is 2.45. The normalized spacial score (nSPS) is 22.7. The Morgan fingerprint density at radius 1 is 1.73 bits per heavy atom. The van der Waals surface area contributed by atoms with E-state index in [1.807, 2.05) is 0 Å². The molecular formula is C10H18ClNO3. The highest BCUT2D eigenvalue weighted by atomic mass is 35.5. The largest absolute Gasteiger partial charge is 0.468 e. The molecule has 2 unspecified atom stereocenters. The monoisotopic (exact) mass is 235 g/mol. The van der Waals surface area contributed by atoms with Gasteiger partial charge in [0, 0.05) is 13.2 Å². The lowest BCUT2D eigenvalue weighted by Gasteiger charge is -2.11. The molecule has 88 valence electrons. The van der Waals surface area contributed by atoms with E-state index in [9.17, 15) is 4.79 Å². The number of carbonyl (C=O) groups is 1. The van der Waals surface area contributed by atoms with E-state index in [4.69, 9.17) is 16.3 Å². The van der Waals surface area contributed by atoms with E-state index in [0.29, 0.717) is 12.6 Å². The van der Waals surface area contributed by atoms with Gasteiger partial charge in [-0.2, -0.15) is 0 Å². The standard InChI is InChI=1S/C10H18ClNO3/c1-14-10(13)9(11)7-12-5-4-8-3-2-6-15-8/h8-9,12H,2-7H2,1H3. The molecule has 0 aromatic rings. The summed E-state index contributed by atoms with van der Waals surface area (Å²) < 4.78 is 9.97. The fourth-order valence-electron chi connectivity index (χ4n) is 1.58. The Morgan fingerprint density at radius 2 is 2.53 bits per heavy atom. The van der Waals surface area contributed by atoms with Gasteiger partial charge in [-0.3, -0.25) is 4.79 Å². The van der Waals surface area contributed by atoms with Crippen LogP contribution in [0.4, 0.5) is 0 Å². The maximum absolute atomic E-state index is 10.9. The van der Waals surface area contributed by atoms with Crippen molar-refractivity contribution < 1.29 is 14.3 Å². The highest BCUT2D eigenvalue weighted by molar-refractivity contribution is 6.30. The summed E-state index contributed by atoms with van der Waals surface area (Å²) in [5.74, 6) is -0.388. The lowest BCUT2D eigenvalue weighted by Crippen LogP contribution is -2.31. The third kappa shape index (κ3) is 4.82. The quantitative estimate of drug-likeness (QED) is 0.423. The van der Waals surface area contributed by atoms with Crippen LogP contribution in [0.1, 0.15) is 19.3 Å².